The van der Waals surface area contributed by atoms with Gasteiger partial charge in [0.25, 0.3) is 0 Å². The monoisotopic (exact) mass is 269 g/mol. The van der Waals surface area contributed by atoms with E-state index >= 15 is 0 Å². The predicted molar refractivity (Wildman–Crippen MR) is 66.3 cm³/mol. The van der Waals surface area contributed by atoms with Gasteiger partial charge in [-0.2, -0.15) is 0 Å². The molecule has 0 aromatic heterocycles. The van der Waals surface area contributed by atoms with E-state index in [0.717, 1.165) is 0 Å². The summed E-state index contributed by atoms with van der Waals surface area (Å²) in [7, 11) is 0. The van der Waals surface area contributed by atoms with Gasteiger partial charge in [0, 0.05) is 10.6 Å². The first-order valence-corrected chi connectivity index (χ1v) is 5.63. The van der Waals surface area contributed by atoms with E-state index in [2.05, 4.69) is 9.89 Å². The van der Waals surface area contributed by atoms with Crippen molar-refractivity contribution in [3.05, 3.63) is 34.9 Å². The van der Waals surface area contributed by atoms with E-state index in [1.807, 2.05) is 0 Å². The fraction of sp³-hybridized carbons (Fsp3) is 0.250. The lowest BCUT2D eigenvalue weighted by Gasteiger charge is -2.04. The van der Waals surface area contributed by atoms with Crippen LogP contribution in [0.3, 0.4) is 0 Å². The molecule has 0 unspecified atom stereocenters. The largest absolute Gasteiger partial charge is 0.461 e. The number of Topliss-reactive ketones (excluding diaryl/α,β-unsaturated/α-hetero) is 1. The van der Waals surface area contributed by atoms with Gasteiger partial charge in [-0.15, -0.1) is 0 Å². The highest BCUT2D eigenvalue weighted by Crippen LogP contribution is 2.12. The molecule has 1 aromatic carbocycles. The van der Waals surface area contributed by atoms with E-state index in [0.29, 0.717) is 10.6 Å². The Morgan fingerprint density at radius 1 is 1.44 bits per heavy atom. The number of halogens is 1. The SMILES string of the molecule is CCOC(=O)C(CC(=O)c1cccc(Cl)c1)=NO. The van der Waals surface area contributed by atoms with Crippen molar-refractivity contribution in [2.45, 2.75) is 13.3 Å². The maximum absolute atomic E-state index is 11.8. The van der Waals surface area contributed by atoms with Gasteiger partial charge in [0.15, 0.2) is 11.5 Å². The van der Waals surface area contributed by atoms with E-state index < -0.39 is 5.97 Å². The Balaban J connectivity index is 2.78. The number of rotatable bonds is 5. The summed E-state index contributed by atoms with van der Waals surface area (Å²) in [4.78, 5) is 23.1. The molecule has 18 heavy (non-hydrogen) atoms. The van der Waals surface area contributed by atoms with Crippen LogP contribution >= 0.6 is 11.6 Å². The Morgan fingerprint density at radius 2 is 2.17 bits per heavy atom. The summed E-state index contributed by atoms with van der Waals surface area (Å²) < 4.78 is 4.65. The van der Waals surface area contributed by atoms with Gasteiger partial charge in [-0.3, -0.25) is 4.79 Å². The topological polar surface area (TPSA) is 76.0 Å². The van der Waals surface area contributed by atoms with E-state index in [9.17, 15) is 9.59 Å². The van der Waals surface area contributed by atoms with Crippen LogP contribution in [0.15, 0.2) is 29.4 Å². The zero-order valence-corrected chi connectivity index (χ0v) is 10.5. The van der Waals surface area contributed by atoms with E-state index in [1.165, 1.54) is 6.07 Å². The molecular formula is C12H12ClNO4. The highest BCUT2D eigenvalue weighted by molar-refractivity contribution is 6.40. The van der Waals surface area contributed by atoms with Gasteiger partial charge in [0.2, 0.25) is 0 Å². The van der Waals surface area contributed by atoms with Crippen molar-refractivity contribution in [3.8, 4) is 0 Å². The molecule has 0 saturated carbocycles. The molecule has 6 heteroatoms. The van der Waals surface area contributed by atoms with Crippen LogP contribution in [0.2, 0.25) is 5.02 Å². The number of hydrogen-bond donors (Lipinski definition) is 1. The van der Waals surface area contributed by atoms with Gasteiger partial charge in [0.1, 0.15) is 0 Å². The van der Waals surface area contributed by atoms with Gasteiger partial charge >= 0.3 is 5.97 Å². The summed E-state index contributed by atoms with van der Waals surface area (Å²) >= 11 is 5.75. The van der Waals surface area contributed by atoms with Gasteiger partial charge in [-0.1, -0.05) is 28.9 Å². The third-order valence-electron chi connectivity index (χ3n) is 2.11. The van der Waals surface area contributed by atoms with Crippen molar-refractivity contribution < 1.29 is 19.5 Å². The van der Waals surface area contributed by atoms with Crippen molar-refractivity contribution >= 4 is 29.1 Å². The van der Waals surface area contributed by atoms with Crippen LogP contribution in [0.25, 0.3) is 0 Å². The molecule has 0 amide bonds. The normalized spacial score (nSPS) is 11.1. The molecule has 0 heterocycles. The van der Waals surface area contributed by atoms with E-state index in [-0.39, 0.29) is 24.5 Å². The van der Waals surface area contributed by atoms with Gasteiger partial charge in [-0.25, -0.2) is 4.79 Å². The summed E-state index contributed by atoms with van der Waals surface area (Å²) in [6.45, 7) is 1.76. The second-order valence-corrected chi connectivity index (χ2v) is 3.81. The average Bonchev–Trinajstić information content (AvgIpc) is 2.35. The van der Waals surface area contributed by atoms with Gasteiger partial charge in [0.05, 0.1) is 13.0 Å². The zero-order valence-electron chi connectivity index (χ0n) is 9.72. The zero-order chi connectivity index (χ0) is 13.5. The first kappa shape index (κ1) is 14.2. The van der Waals surface area contributed by atoms with Crippen LogP contribution in [0, 0.1) is 0 Å². The number of carbonyl (C=O) groups is 2. The molecule has 1 N–H and O–H groups in total. The first-order valence-electron chi connectivity index (χ1n) is 5.25. The molecule has 0 atom stereocenters. The number of benzene rings is 1. The summed E-state index contributed by atoms with van der Waals surface area (Å²) in [5, 5.41) is 11.9. The van der Waals surface area contributed by atoms with Crippen molar-refractivity contribution in [2.75, 3.05) is 6.61 Å². The molecule has 5 nitrogen and oxygen atoms in total. The number of hydrogen-bond acceptors (Lipinski definition) is 5. The molecule has 0 radical (unpaired) electrons. The van der Waals surface area contributed by atoms with Crippen LogP contribution in [0.5, 0.6) is 0 Å². The number of nitrogens with zero attached hydrogens (tertiary/aromatic N) is 1. The minimum Gasteiger partial charge on any atom is -0.461 e. The molecule has 0 bridgehead atoms. The van der Waals surface area contributed by atoms with Gasteiger partial charge in [-0.05, 0) is 19.1 Å². The minimum atomic E-state index is -0.810. The minimum absolute atomic E-state index is 0.142. The molecule has 0 aliphatic heterocycles. The number of ether oxygens (including phenoxy) is 1. The van der Waals surface area contributed by atoms with Crippen molar-refractivity contribution in [1.82, 2.24) is 0 Å². The summed E-state index contributed by atoms with van der Waals surface area (Å²) in [6, 6.07) is 6.29. The molecule has 1 rings (SSSR count). The molecule has 1 aromatic rings. The Hall–Kier alpha value is -1.88. The number of carbonyl (C=O) groups excluding carboxylic acids is 2. The number of ketones is 1. The smallest absolute Gasteiger partial charge is 0.356 e. The molecule has 0 saturated heterocycles. The third kappa shape index (κ3) is 3.85. The lowest BCUT2D eigenvalue weighted by atomic mass is 10.1. The number of oxime groups is 1. The molecular weight excluding hydrogens is 258 g/mol. The molecule has 96 valence electrons. The van der Waals surface area contributed by atoms with Crippen LogP contribution < -0.4 is 0 Å². The van der Waals surface area contributed by atoms with E-state index in [1.54, 1.807) is 25.1 Å². The van der Waals surface area contributed by atoms with Crippen molar-refractivity contribution in [2.24, 2.45) is 5.16 Å². The van der Waals surface area contributed by atoms with Crippen molar-refractivity contribution in [3.63, 3.8) is 0 Å². The Bertz CT molecular complexity index is 485. The quantitative estimate of drug-likeness (QED) is 0.293. The predicted octanol–water partition coefficient (Wildman–Crippen LogP) is 2.31. The first-order chi connectivity index (χ1) is 8.58. The Labute approximate surface area is 109 Å². The standard InChI is InChI=1S/C12H12ClNO4/c1-2-18-12(16)10(14-17)7-11(15)8-4-3-5-9(13)6-8/h3-6,17H,2,7H2,1H3. The second-order valence-electron chi connectivity index (χ2n) is 3.38. The number of esters is 1. The molecule has 0 spiro atoms. The maximum Gasteiger partial charge on any atom is 0.356 e. The average molecular weight is 270 g/mol. The summed E-state index contributed by atoms with van der Waals surface area (Å²) in [5.41, 5.74) is 0.00905. The van der Waals surface area contributed by atoms with Crippen LogP contribution in [0.1, 0.15) is 23.7 Å². The lowest BCUT2D eigenvalue weighted by Crippen LogP contribution is -2.21. The summed E-state index contributed by atoms with van der Waals surface area (Å²) in [5.74, 6) is -1.19. The molecule has 0 aliphatic rings. The fourth-order valence-corrected chi connectivity index (χ4v) is 1.47. The Morgan fingerprint density at radius 3 is 2.72 bits per heavy atom. The van der Waals surface area contributed by atoms with Crippen molar-refractivity contribution in [1.29, 1.82) is 0 Å². The van der Waals surface area contributed by atoms with Crippen LogP contribution in [-0.2, 0) is 9.53 Å². The van der Waals surface area contributed by atoms with Crippen LogP contribution in [-0.4, -0.2) is 29.3 Å². The Kier molecular flexibility index (Phi) is 5.32. The lowest BCUT2D eigenvalue weighted by molar-refractivity contribution is -0.135. The maximum atomic E-state index is 11.8. The van der Waals surface area contributed by atoms with Gasteiger partial charge < -0.3 is 9.94 Å². The second kappa shape index (κ2) is 6.76. The van der Waals surface area contributed by atoms with Crippen LogP contribution in [0.4, 0.5) is 0 Å². The fourth-order valence-electron chi connectivity index (χ4n) is 1.28. The summed E-state index contributed by atoms with van der Waals surface area (Å²) in [6.07, 6.45) is -0.338. The molecule has 0 aliphatic carbocycles. The highest BCUT2D eigenvalue weighted by Gasteiger charge is 2.18. The van der Waals surface area contributed by atoms with E-state index in [4.69, 9.17) is 16.8 Å². The molecule has 0 fully saturated rings. The third-order valence-corrected chi connectivity index (χ3v) is 2.34. The highest BCUT2D eigenvalue weighted by atomic mass is 35.5.